The predicted molar refractivity (Wildman–Crippen MR) is 300 cm³/mol. The Balaban J connectivity index is 1.06. The summed E-state index contributed by atoms with van der Waals surface area (Å²) in [6.45, 7) is 0. The van der Waals surface area contributed by atoms with Gasteiger partial charge in [0.15, 0.2) is 0 Å². The van der Waals surface area contributed by atoms with Crippen LogP contribution in [0.2, 0.25) is 0 Å². The van der Waals surface area contributed by atoms with Crippen LogP contribution in [0, 0.1) is 11.6 Å². The molecule has 2 heterocycles. The van der Waals surface area contributed by atoms with Crippen molar-refractivity contribution in [1.29, 1.82) is 0 Å². The molecule has 0 atom stereocenters. The third-order valence-corrected chi connectivity index (χ3v) is 24.2. The fourth-order valence-electron chi connectivity index (χ4n) is 11.0. The Labute approximate surface area is 424 Å². The molecule has 0 unspecified atom stereocenters. The number of rotatable bonds is 11. The van der Waals surface area contributed by atoms with Crippen LogP contribution in [0.1, 0.15) is 0 Å². The maximum Gasteiger partial charge on any atom is -0.0242 e. The summed E-state index contributed by atoms with van der Waals surface area (Å²) >= 11 is -3.72. The van der Waals surface area contributed by atoms with Gasteiger partial charge in [-0.25, -0.2) is 4.39 Å². The minimum absolute atomic E-state index is 0.276. The Morgan fingerprint density at radius 3 is 1.19 bits per heavy atom. The van der Waals surface area contributed by atoms with E-state index in [1.807, 2.05) is 72.8 Å². The van der Waals surface area contributed by atoms with E-state index in [0.717, 1.165) is 83.5 Å². The van der Waals surface area contributed by atoms with E-state index in [-0.39, 0.29) is 11.6 Å². The number of nitrogens with zero attached hydrogens (tertiary/aromatic N) is 3. The third kappa shape index (κ3) is 7.66. The van der Waals surface area contributed by atoms with Crippen molar-refractivity contribution in [1.82, 2.24) is 9.13 Å². The van der Waals surface area contributed by atoms with Crippen molar-refractivity contribution in [2.75, 3.05) is 4.90 Å². The van der Waals surface area contributed by atoms with Gasteiger partial charge in [-0.1, -0.05) is 30.3 Å². The minimum atomic E-state index is -3.72. The summed E-state index contributed by atoms with van der Waals surface area (Å²) in [6.07, 6.45) is 0. The molecule has 0 saturated carbocycles. The molecule has 2 aromatic heterocycles. The molecular formula is C66H45F2GeN3O. The van der Waals surface area contributed by atoms with Crippen LogP contribution in [0.4, 0.5) is 25.8 Å². The second-order valence-corrected chi connectivity index (χ2v) is 26.4. The fourth-order valence-corrected chi connectivity index (χ4v) is 21.0. The van der Waals surface area contributed by atoms with Crippen molar-refractivity contribution in [2.24, 2.45) is 0 Å². The summed E-state index contributed by atoms with van der Waals surface area (Å²) in [7, 11) is 0. The van der Waals surface area contributed by atoms with Gasteiger partial charge in [0.25, 0.3) is 0 Å². The average molecular weight is 1010 g/mol. The maximum absolute atomic E-state index is 14.7. The monoisotopic (exact) mass is 1010 g/mol. The maximum atomic E-state index is 14.7. The first-order chi connectivity index (χ1) is 36.0. The molecule has 4 nitrogen and oxygen atoms in total. The molecule has 0 amide bonds. The van der Waals surface area contributed by atoms with Gasteiger partial charge in [-0.3, -0.25) is 0 Å². The number of halogens is 2. The Morgan fingerprint density at radius 1 is 0.301 bits per heavy atom. The smallest absolute Gasteiger partial charge is 0.0242 e. The van der Waals surface area contributed by atoms with Crippen molar-refractivity contribution in [3.8, 4) is 22.9 Å². The number of aromatic nitrogens is 2. The summed E-state index contributed by atoms with van der Waals surface area (Å²) in [5.41, 5.74) is 8.68. The zero-order valence-corrected chi connectivity index (χ0v) is 41.6. The molecule has 7 heteroatoms. The van der Waals surface area contributed by atoms with Gasteiger partial charge >= 0.3 is 332 Å². The molecule has 0 aliphatic heterocycles. The van der Waals surface area contributed by atoms with Gasteiger partial charge in [-0.15, -0.1) is 0 Å². The molecular weight excluding hydrogens is 961 g/mol. The van der Waals surface area contributed by atoms with Crippen molar-refractivity contribution in [3.05, 3.63) is 285 Å². The normalized spacial score (nSPS) is 11.7. The Morgan fingerprint density at radius 2 is 0.685 bits per heavy atom. The zero-order valence-electron chi connectivity index (χ0n) is 39.5. The standard InChI is InChI=1S/C66H45F2GeN3O/c67-46-25-30-53(31-26-46)71-63-24-14-13-23-59(63)61-44-55(36-41-65(61)71)70(52-34-38-58(39-35-52)73-57-21-11-4-12-22-57)56-37-42-66-62(45-56)60-43-51(29-40-64(60)72(66)54-32-27-47(68)28-33-54)69(48-15-5-1-6-16-48,49-17-7-2-8-18-49)50-19-9-3-10-20-50/h1-45H. The molecule has 13 rings (SSSR count). The first kappa shape index (κ1) is 44.0. The van der Waals surface area contributed by atoms with Crippen molar-refractivity contribution < 1.29 is 13.5 Å². The largest absolute Gasteiger partial charge is 0.0351 e. The van der Waals surface area contributed by atoms with E-state index in [2.05, 4.69) is 190 Å². The van der Waals surface area contributed by atoms with Crippen LogP contribution in [-0.2, 0) is 0 Å². The van der Waals surface area contributed by atoms with Gasteiger partial charge in [0.2, 0.25) is 0 Å². The summed E-state index contributed by atoms with van der Waals surface area (Å²) in [5.74, 6) is 0.927. The molecule has 13 aromatic rings. The van der Waals surface area contributed by atoms with Gasteiger partial charge < -0.3 is 0 Å². The molecule has 0 spiro atoms. The van der Waals surface area contributed by atoms with Crippen LogP contribution in [0.15, 0.2) is 273 Å². The molecule has 0 bridgehead atoms. The minimum Gasteiger partial charge on any atom is -0.0351 e. The Hall–Kier alpha value is -8.98. The fraction of sp³-hybridized carbons (Fsp3) is 0. The van der Waals surface area contributed by atoms with Crippen LogP contribution in [0.25, 0.3) is 55.0 Å². The first-order valence-corrected chi connectivity index (χ1v) is 28.6. The predicted octanol–water partition coefficient (Wildman–Crippen LogP) is 14.8. The number of anilines is 3. The summed E-state index contributed by atoms with van der Waals surface area (Å²) < 4.78 is 45.0. The van der Waals surface area contributed by atoms with E-state index in [1.165, 1.54) is 41.8 Å². The number of fused-ring (bicyclic) bond motifs is 6. The second kappa shape index (κ2) is 18.3. The molecule has 0 saturated heterocycles. The van der Waals surface area contributed by atoms with Crippen LogP contribution in [0.5, 0.6) is 11.5 Å². The van der Waals surface area contributed by atoms with Crippen molar-refractivity contribution in [3.63, 3.8) is 0 Å². The molecule has 73 heavy (non-hydrogen) atoms. The number of para-hydroxylation sites is 2. The van der Waals surface area contributed by atoms with E-state index in [4.69, 9.17) is 4.74 Å². The van der Waals surface area contributed by atoms with Gasteiger partial charge in [-0.05, 0) is 42.5 Å². The third-order valence-electron chi connectivity index (χ3n) is 14.2. The number of benzene rings is 11. The summed E-state index contributed by atoms with van der Waals surface area (Å²) in [4.78, 5) is 2.31. The number of ether oxygens (including phenoxy) is 1. The van der Waals surface area contributed by atoms with Crippen LogP contribution < -0.4 is 27.2 Å². The molecule has 0 N–H and O–H groups in total. The molecule has 348 valence electrons. The van der Waals surface area contributed by atoms with Crippen molar-refractivity contribution in [2.45, 2.75) is 0 Å². The van der Waals surface area contributed by atoms with Gasteiger partial charge in [0, 0.05) is 5.69 Å². The molecule has 0 fully saturated rings. The Kier molecular flexibility index (Phi) is 11.0. The molecule has 0 radical (unpaired) electrons. The topological polar surface area (TPSA) is 22.3 Å². The van der Waals surface area contributed by atoms with E-state index >= 15 is 0 Å². The summed E-state index contributed by atoms with van der Waals surface area (Å²) in [5, 5.41) is 4.31. The second-order valence-electron chi connectivity index (χ2n) is 18.4. The van der Waals surface area contributed by atoms with Crippen molar-refractivity contribution >= 4 is 91.5 Å². The quantitative estimate of drug-likeness (QED) is 0.121. The first-order valence-electron chi connectivity index (χ1n) is 24.4. The molecule has 0 aliphatic rings. The SMILES string of the molecule is Fc1ccc(-n2c3ccccc3c3cc(N(c4ccc(Oc5ccccc5)cc4)c4ccc5c(c4)c4c[c]([Ge]([c]6ccccc6)([c]6ccccc6)[c]6ccccc6)ccc4n5-c4ccc(F)cc4)ccc32)cc1. The average Bonchev–Trinajstić information content (AvgIpc) is 3.95. The van der Waals surface area contributed by atoms with Gasteiger partial charge in [-0.2, -0.15) is 0 Å². The summed E-state index contributed by atoms with van der Waals surface area (Å²) in [6, 6.07) is 93.4. The molecule has 11 aromatic carbocycles. The Bertz CT molecular complexity index is 4010. The van der Waals surface area contributed by atoms with Crippen LogP contribution >= 0.6 is 0 Å². The molecule has 0 aliphatic carbocycles. The van der Waals surface area contributed by atoms with Gasteiger partial charge in [0.05, 0.1) is 0 Å². The van der Waals surface area contributed by atoms with E-state index in [0.29, 0.717) is 0 Å². The zero-order chi connectivity index (χ0) is 48.9. The van der Waals surface area contributed by atoms with E-state index in [1.54, 1.807) is 0 Å². The number of hydrogen-bond acceptors (Lipinski definition) is 2. The number of hydrogen-bond donors (Lipinski definition) is 0. The van der Waals surface area contributed by atoms with E-state index < -0.39 is 13.3 Å². The van der Waals surface area contributed by atoms with Crippen LogP contribution in [0.3, 0.4) is 0 Å². The van der Waals surface area contributed by atoms with E-state index in [9.17, 15) is 8.78 Å². The van der Waals surface area contributed by atoms with Gasteiger partial charge in [0.1, 0.15) is 11.6 Å². The van der Waals surface area contributed by atoms with Crippen LogP contribution in [-0.4, -0.2) is 22.4 Å².